The van der Waals surface area contributed by atoms with E-state index in [9.17, 15) is 35.4 Å². The molecule has 0 aromatic heterocycles. The predicted octanol–water partition coefficient (Wildman–Crippen LogP) is -0.898. The Balaban J connectivity index is 1.78. The quantitative estimate of drug-likeness (QED) is 0.339. The zero-order valence-corrected chi connectivity index (χ0v) is 17.3. The van der Waals surface area contributed by atoms with Crippen LogP contribution < -0.4 is 0 Å². The highest BCUT2D eigenvalue weighted by Gasteiger charge is 2.47. The van der Waals surface area contributed by atoms with Crippen molar-refractivity contribution in [3.05, 3.63) is 33.9 Å². The van der Waals surface area contributed by atoms with Gasteiger partial charge in [0.05, 0.1) is 31.3 Å². The molecule has 0 saturated carbocycles. The predicted molar refractivity (Wildman–Crippen MR) is 104 cm³/mol. The molecule has 6 unspecified atom stereocenters. The molecule has 1 aromatic rings. The molecule has 30 heavy (non-hydrogen) atoms. The van der Waals surface area contributed by atoms with Gasteiger partial charge >= 0.3 is 0 Å². The molecule has 6 atom stereocenters. The molecule has 1 saturated heterocycles. The van der Waals surface area contributed by atoms with E-state index in [4.69, 9.17) is 9.47 Å². The number of aliphatic hydroxyl groups is 6. The maximum atomic E-state index is 12.8. The van der Waals surface area contributed by atoms with Crippen molar-refractivity contribution in [1.82, 2.24) is 0 Å². The molecule has 0 radical (unpaired) electrons. The van der Waals surface area contributed by atoms with Crippen LogP contribution in [-0.4, -0.2) is 80.3 Å². The van der Waals surface area contributed by atoms with Gasteiger partial charge < -0.3 is 40.1 Å². The van der Waals surface area contributed by atoms with Crippen molar-refractivity contribution in [3.8, 4) is 0 Å². The minimum Gasteiger partial charge on any atom is -0.394 e. The SMILES string of the molecule is Cc1c(CCOC2OC(CO)C(O)C(O)C2O)c(CO)cc2c1C(=O)C(C)(C)C2O. The third kappa shape index (κ3) is 3.69. The first kappa shape index (κ1) is 23.2. The van der Waals surface area contributed by atoms with E-state index in [0.717, 1.165) is 0 Å². The standard InChI is InChI=1S/C21H30O9/c1-9-11(4-5-29-20-17(26)16(25)15(24)13(8-23)30-20)10(7-22)6-12-14(9)19(28)21(2,3)18(12)27/h6,13,15-18,20,22-27H,4-5,7-8H2,1-3H3. The molecule has 1 heterocycles. The summed E-state index contributed by atoms with van der Waals surface area (Å²) in [5, 5.41) is 59.4. The molecular weight excluding hydrogens is 396 g/mol. The number of ether oxygens (including phenoxy) is 2. The molecule has 0 spiro atoms. The summed E-state index contributed by atoms with van der Waals surface area (Å²) in [5.41, 5.74) is 1.92. The largest absolute Gasteiger partial charge is 0.394 e. The van der Waals surface area contributed by atoms with Crippen molar-refractivity contribution in [2.75, 3.05) is 13.2 Å². The first-order valence-electron chi connectivity index (χ1n) is 9.97. The third-order valence-electron chi connectivity index (χ3n) is 6.28. The van der Waals surface area contributed by atoms with Gasteiger partial charge in [0.1, 0.15) is 24.4 Å². The van der Waals surface area contributed by atoms with E-state index in [1.165, 1.54) is 0 Å². The molecule has 2 aliphatic rings. The number of ketones is 1. The van der Waals surface area contributed by atoms with Gasteiger partial charge in [0.2, 0.25) is 0 Å². The second-order valence-electron chi connectivity index (χ2n) is 8.53. The molecule has 1 aliphatic carbocycles. The highest BCUT2D eigenvalue weighted by Crippen LogP contribution is 2.47. The van der Waals surface area contributed by atoms with Gasteiger partial charge in [-0.3, -0.25) is 4.79 Å². The summed E-state index contributed by atoms with van der Waals surface area (Å²) in [6.45, 7) is 4.30. The molecule has 0 bridgehead atoms. The smallest absolute Gasteiger partial charge is 0.186 e. The lowest BCUT2D eigenvalue weighted by atomic mass is 9.86. The van der Waals surface area contributed by atoms with Gasteiger partial charge in [-0.25, -0.2) is 0 Å². The van der Waals surface area contributed by atoms with Crippen molar-refractivity contribution in [2.45, 2.75) is 70.6 Å². The van der Waals surface area contributed by atoms with Gasteiger partial charge in [-0.15, -0.1) is 0 Å². The van der Waals surface area contributed by atoms with Crippen LogP contribution in [0.3, 0.4) is 0 Å². The van der Waals surface area contributed by atoms with Crippen LogP contribution in [0, 0.1) is 12.3 Å². The fourth-order valence-corrected chi connectivity index (χ4v) is 4.28. The Morgan fingerprint density at radius 1 is 1.10 bits per heavy atom. The lowest BCUT2D eigenvalue weighted by Gasteiger charge is -2.39. The van der Waals surface area contributed by atoms with E-state index >= 15 is 0 Å². The first-order valence-corrected chi connectivity index (χ1v) is 9.97. The van der Waals surface area contributed by atoms with Gasteiger partial charge in [0.15, 0.2) is 12.1 Å². The Bertz CT molecular complexity index is 804. The molecule has 9 nitrogen and oxygen atoms in total. The van der Waals surface area contributed by atoms with Gasteiger partial charge in [-0.2, -0.15) is 0 Å². The van der Waals surface area contributed by atoms with E-state index in [2.05, 4.69) is 0 Å². The van der Waals surface area contributed by atoms with E-state index in [0.29, 0.717) is 27.8 Å². The fourth-order valence-electron chi connectivity index (χ4n) is 4.28. The van der Waals surface area contributed by atoms with Crippen LogP contribution in [0.25, 0.3) is 0 Å². The number of rotatable bonds is 6. The molecule has 168 valence electrons. The summed E-state index contributed by atoms with van der Waals surface area (Å²) in [4.78, 5) is 12.8. The first-order chi connectivity index (χ1) is 14.1. The second-order valence-corrected chi connectivity index (χ2v) is 8.53. The Morgan fingerprint density at radius 3 is 2.37 bits per heavy atom. The Morgan fingerprint density at radius 2 is 1.77 bits per heavy atom. The van der Waals surface area contributed by atoms with Crippen molar-refractivity contribution in [1.29, 1.82) is 0 Å². The highest BCUT2D eigenvalue weighted by atomic mass is 16.7. The average Bonchev–Trinajstić information content (AvgIpc) is 2.89. The molecule has 0 amide bonds. The van der Waals surface area contributed by atoms with Crippen molar-refractivity contribution in [3.63, 3.8) is 0 Å². The highest BCUT2D eigenvalue weighted by molar-refractivity contribution is 6.06. The number of Topliss-reactive ketones (excluding diaryl/α,β-unsaturated/α-hetero) is 1. The molecule has 1 aromatic carbocycles. The molecular formula is C21H30O9. The molecule has 1 fully saturated rings. The van der Waals surface area contributed by atoms with E-state index in [1.807, 2.05) is 0 Å². The van der Waals surface area contributed by atoms with Crippen LogP contribution >= 0.6 is 0 Å². The molecule has 3 rings (SSSR count). The lowest BCUT2D eigenvalue weighted by Crippen LogP contribution is -2.59. The van der Waals surface area contributed by atoms with Crippen LogP contribution in [0.1, 0.15) is 52.6 Å². The summed E-state index contributed by atoms with van der Waals surface area (Å²) < 4.78 is 10.9. The van der Waals surface area contributed by atoms with Gasteiger partial charge in [0, 0.05) is 5.56 Å². The summed E-state index contributed by atoms with van der Waals surface area (Å²) in [6, 6.07) is 1.64. The number of carbonyl (C=O) groups is 1. The zero-order chi connectivity index (χ0) is 22.4. The minimum absolute atomic E-state index is 0.0233. The van der Waals surface area contributed by atoms with Crippen LogP contribution in [0.5, 0.6) is 0 Å². The maximum absolute atomic E-state index is 12.8. The van der Waals surface area contributed by atoms with Crippen molar-refractivity contribution in [2.24, 2.45) is 5.41 Å². The Hall–Kier alpha value is -1.43. The third-order valence-corrected chi connectivity index (χ3v) is 6.28. The summed E-state index contributed by atoms with van der Waals surface area (Å²) in [5.74, 6) is -0.164. The van der Waals surface area contributed by atoms with Crippen LogP contribution in [0.4, 0.5) is 0 Å². The summed E-state index contributed by atoms with van der Waals surface area (Å²) in [7, 11) is 0. The lowest BCUT2D eigenvalue weighted by molar-refractivity contribution is -0.300. The monoisotopic (exact) mass is 426 g/mol. The normalized spacial score (nSPS) is 33.0. The molecule has 1 aliphatic heterocycles. The Labute approximate surface area is 174 Å². The number of hydrogen-bond acceptors (Lipinski definition) is 9. The van der Waals surface area contributed by atoms with Crippen molar-refractivity contribution >= 4 is 5.78 Å². The van der Waals surface area contributed by atoms with Gasteiger partial charge in [-0.05, 0) is 55.5 Å². The average molecular weight is 426 g/mol. The number of benzene rings is 1. The molecule has 9 heteroatoms. The van der Waals surface area contributed by atoms with E-state index < -0.39 is 48.8 Å². The van der Waals surface area contributed by atoms with Crippen LogP contribution in [-0.2, 0) is 22.5 Å². The minimum atomic E-state index is -1.53. The number of hydrogen-bond donors (Lipinski definition) is 6. The van der Waals surface area contributed by atoms with Crippen LogP contribution in [0.2, 0.25) is 0 Å². The summed E-state index contributed by atoms with van der Waals surface area (Å²) in [6.07, 6.45) is -7.50. The summed E-state index contributed by atoms with van der Waals surface area (Å²) >= 11 is 0. The Kier molecular flexibility index (Phi) is 6.66. The maximum Gasteiger partial charge on any atom is 0.186 e. The number of aliphatic hydroxyl groups excluding tert-OH is 6. The number of fused-ring (bicyclic) bond motifs is 1. The van der Waals surface area contributed by atoms with Gasteiger partial charge in [-0.1, -0.05) is 0 Å². The zero-order valence-electron chi connectivity index (χ0n) is 17.3. The molecule has 6 N–H and O–H groups in total. The van der Waals surface area contributed by atoms with Crippen LogP contribution in [0.15, 0.2) is 6.07 Å². The van der Waals surface area contributed by atoms with Crippen molar-refractivity contribution < 1.29 is 44.9 Å². The second kappa shape index (κ2) is 8.60. The number of carbonyl (C=O) groups excluding carboxylic acids is 1. The van der Waals surface area contributed by atoms with E-state index in [1.54, 1.807) is 26.8 Å². The van der Waals surface area contributed by atoms with Gasteiger partial charge in [0.25, 0.3) is 0 Å². The topological polar surface area (TPSA) is 157 Å². The van der Waals surface area contributed by atoms with E-state index in [-0.39, 0.29) is 25.4 Å². The fraction of sp³-hybridized carbons (Fsp3) is 0.667.